The highest BCUT2D eigenvalue weighted by Crippen LogP contribution is 2.28. The molecule has 4 rings (SSSR count). The van der Waals surface area contributed by atoms with Crippen molar-refractivity contribution in [2.45, 2.75) is 26.9 Å². The molecule has 0 aliphatic carbocycles. The largest absolute Gasteiger partial charge is 0.220 e. The third-order valence-corrected chi connectivity index (χ3v) is 9.54. The van der Waals surface area contributed by atoms with Crippen LogP contribution in [0.3, 0.4) is 0 Å². The number of hydrogen-bond acceptors (Lipinski definition) is 0. The second kappa shape index (κ2) is 7.03. The molecule has 4 aromatic rings. The van der Waals surface area contributed by atoms with Gasteiger partial charge in [-0.05, 0) is 30.0 Å². The van der Waals surface area contributed by atoms with Crippen molar-refractivity contribution in [1.29, 1.82) is 0 Å². The van der Waals surface area contributed by atoms with E-state index < -0.39 is 8.07 Å². The minimum absolute atomic E-state index is 0.379. The summed E-state index contributed by atoms with van der Waals surface area (Å²) < 4.78 is 18.6. The van der Waals surface area contributed by atoms with E-state index in [2.05, 4.69) is 86.2 Å². The lowest BCUT2D eigenvalue weighted by atomic mass is 9.99. The van der Waals surface area contributed by atoms with Crippen molar-refractivity contribution in [3.63, 3.8) is 0 Å². The Morgan fingerprint density at radius 1 is 0.857 bits per heavy atom. The smallest absolute Gasteiger partial charge is 0.198 e. The Hall–Kier alpha value is -2.71. The van der Waals surface area contributed by atoms with E-state index in [-0.39, 0.29) is 0 Å². The van der Waals surface area contributed by atoms with E-state index in [0.717, 1.165) is 27.9 Å². The molecule has 0 spiro atoms. The van der Waals surface area contributed by atoms with Crippen LogP contribution in [-0.2, 0) is 7.05 Å². The molecule has 2 heteroatoms. The highest BCUT2D eigenvalue weighted by atomic mass is 28.3. The van der Waals surface area contributed by atoms with Crippen LogP contribution in [0.25, 0.3) is 22.0 Å². The van der Waals surface area contributed by atoms with Gasteiger partial charge in [-0.1, -0.05) is 84.1 Å². The molecule has 1 aromatic heterocycles. The van der Waals surface area contributed by atoms with Gasteiger partial charge < -0.3 is 0 Å². The first-order chi connectivity index (χ1) is 14.2. The maximum absolute atomic E-state index is 8.27. The van der Waals surface area contributed by atoms with Crippen molar-refractivity contribution in [2.75, 3.05) is 0 Å². The minimum Gasteiger partial charge on any atom is -0.198 e. The molecule has 1 heterocycles. The number of benzene rings is 3. The van der Waals surface area contributed by atoms with E-state index in [1.54, 1.807) is 6.07 Å². The second-order valence-corrected chi connectivity index (χ2v) is 12.5. The third kappa shape index (κ3) is 3.08. The molecule has 0 amide bonds. The summed E-state index contributed by atoms with van der Waals surface area (Å²) in [5.41, 5.74) is 4.12. The molecule has 0 N–H and O–H groups in total. The fourth-order valence-electron chi connectivity index (χ4n) is 4.02. The van der Waals surface area contributed by atoms with Crippen LogP contribution < -0.4 is 14.9 Å². The maximum Gasteiger partial charge on any atom is 0.220 e. The second-order valence-electron chi connectivity index (χ2n) is 8.12. The first-order valence-electron chi connectivity index (χ1n) is 10.8. The molecule has 1 nitrogen and oxygen atoms in total. The lowest BCUT2D eigenvalue weighted by Crippen LogP contribution is -2.52. The third-order valence-electron chi connectivity index (χ3n) is 6.01. The van der Waals surface area contributed by atoms with E-state index in [1.807, 2.05) is 13.0 Å². The topological polar surface area (TPSA) is 3.88 Å². The Balaban J connectivity index is 1.98. The van der Waals surface area contributed by atoms with Crippen molar-refractivity contribution in [2.24, 2.45) is 7.05 Å². The maximum atomic E-state index is 8.27. The van der Waals surface area contributed by atoms with Gasteiger partial charge >= 0.3 is 0 Å². The van der Waals surface area contributed by atoms with Gasteiger partial charge in [0.25, 0.3) is 0 Å². The molecular formula is C26H28NSi+. The normalized spacial score (nSPS) is 12.8. The summed E-state index contributed by atoms with van der Waals surface area (Å²) in [6, 6.07) is 24.2. The van der Waals surface area contributed by atoms with Crippen LogP contribution in [0.4, 0.5) is 0 Å². The molecule has 0 saturated carbocycles. The van der Waals surface area contributed by atoms with Gasteiger partial charge in [0.1, 0.15) is 15.1 Å². The molecule has 140 valence electrons. The molecule has 0 radical (unpaired) electrons. The quantitative estimate of drug-likeness (QED) is 0.354. The zero-order valence-electron chi connectivity index (χ0n) is 19.3. The van der Waals surface area contributed by atoms with Gasteiger partial charge in [0.05, 0.1) is 8.13 Å². The van der Waals surface area contributed by atoms with Crippen LogP contribution in [0, 0.1) is 13.8 Å². The van der Waals surface area contributed by atoms with Crippen LogP contribution in [0.15, 0.2) is 78.8 Å². The molecule has 0 saturated heterocycles. The van der Waals surface area contributed by atoms with Gasteiger partial charge in [-0.25, -0.2) is 0 Å². The van der Waals surface area contributed by atoms with Crippen molar-refractivity contribution in [1.82, 2.24) is 0 Å². The van der Waals surface area contributed by atoms with Gasteiger partial charge in [-0.2, -0.15) is 4.57 Å². The Bertz CT molecular complexity index is 1260. The molecule has 0 atom stereocenters. The van der Waals surface area contributed by atoms with Gasteiger partial charge in [0.2, 0.25) is 5.69 Å². The number of fused-ring (bicyclic) bond motifs is 1. The van der Waals surface area contributed by atoms with Crippen LogP contribution in [0.5, 0.6) is 0 Å². The molecule has 0 unspecified atom stereocenters. The highest BCUT2D eigenvalue weighted by Gasteiger charge is 2.27. The highest BCUT2D eigenvalue weighted by molar-refractivity contribution is 7.00. The van der Waals surface area contributed by atoms with Crippen molar-refractivity contribution in [3.8, 4) is 11.3 Å². The molecule has 3 aromatic carbocycles. The van der Waals surface area contributed by atoms with Gasteiger partial charge in [-0.15, -0.1) is 0 Å². The Morgan fingerprint density at radius 3 is 2.36 bits per heavy atom. The van der Waals surface area contributed by atoms with Crippen LogP contribution in [0.2, 0.25) is 13.1 Å². The van der Waals surface area contributed by atoms with Crippen molar-refractivity contribution in [3.05, 3.63) is 90.1 Å². The SMILES string of the molecule is [2H]c1cc([2H])c(C)c(-c2c3ccc([Si](C)(C)c4ccccc4)cc3cc(C)[n+]2C)c1. The van der Waals surface area contributed by atoms with E-state index in [0.29, 0.717) is 12.1 Å². The fraction of sp³-hybridized carbons (Fsp3) is 0.192. The van der Waals surface area contributed by atoms with Gasteiger partial charge in [-0.3, -0.25) is 0 Å². The summed E-state index contributed by atoms with van der Waals surface area (Å²) in [6.07, 6.45) is 0. The Labute approximate surface area is 172 Å². The molecule has 0 aliphatic heterocycles. The first kappa shape index (κ1) is 16.3. The lowest BCUT2D eigenvalue weighted by Gasteiger charge is -2.24. The predicted octanol–water partition coefficient (Wildman–Crippen LogP) is 4.77. The lowest BCUT2D eigenvalue weighted by molar-refractivity contribution is -0.665. The van der Waals surface area contributed by atoms with E-state index >= 15 is 0 Å². The number of hydrogen-bond donors (Lipinski definition) is 0. The summed E-state index contributed by atoms with van der Waals surface area (Å²) in [5, 5.41) is 5.22. The Kier molecular flexibility index (Phi) is 4.08. The standard InChI is InChI=1S/C26H28NSi/c1-19-11-9-10-14-24(19)26-25-16-15-23(18-21(25)17-20(2)27(26)3)28(4,5)22-12-7-6-8-13-22/h6-18H,1-5H3/q+1/i10D,11D. The van der Waals surface area contributed by atoms with E-state index in [9.17, 15) is 0 Å². The van der Waals surface area contributed by atoms with E-state index in [4.69, 9.17) is 2.74 Å². The van der Waals surface area contributed by atoms with Crippen molar-refractivity contribution < 1.29 is 7.31 Å². The number of aryl methyl sites for hydroxylation is 1. The summed E-state index contributed by atoms with van der Waals surface area (Å²) in [4.78, 5) is 0. The van der Waals surface area contributed by atoms with Gasteiger partial charge in [0.15, 0.2) is 5.69 Å². The van der Waals surface area contributed by atoms with Crippen LogP contribution in [0.1, 0.15) is 14.0 Å². The van der Waals surface area contributed by atoms with Crippen LogP contribution in [-0.4, -0.2) is 8.07 Å². The number of rotatable bonds is 3. The summed E-state index contributed by atoms with van der Waals surface area (Å²) >= 11 is 0. The minimum atomic E-state index is -1.80. The zero-order valence-corrected chi connectivity index (χ0v) is 18.3. The Morgan fingerprint density at radius 2 is 1.61 bits per heavy atom. The van der Waals surface area contributed by atoms with E-state index in [1.165, 1.54) is 15.8 Å². The monoisotopic (exact) mass is 384 g/mol. The van der Waals surface area contributed by atoms with Crippen LogP contribution >= 0.6 is 0 Å². The molecule has 28 heavy (non-hydrogen) atoms. The van der Waals surface area contributed by atoms with Gasteiger partial charge in [0, 0.05) is 18.6 Å². The summed E-state index contributed by atoms with van der Waals surface area (Å²) in [6.45, 7) is 8.91. The molecule has 0 bridgehead atoms. The molecular weight excluding hydrogens is 354 g/mol. The number of pyridine rings is 1. The average molecular weight is 385 g/mol. The number of nitrogens with zero attached hydrogens (tertiary/aromatic N) is 1. The first-order valence-corrected chi connectivity index (χ1v) is 12.8. The average Bonchev–Trinajstić information content (AvgIpc) is 2.72. The fourth-order valence-corrected chi connectivity index (χ4v) is 6.40. The predicted molar refractivity (Wildman–Crippen MR) is 123 cm³/mol. The zero-order chi connectivity index (χ0) is 21.6. The van der Waals surface area contributed by atoms with Crippen molar-refractivity contribution >= 4 is 29.2 Å². The molecule has 0 aliphatic rings. The summed E-state index contributed by atoms with van der Waals surface area (Å²) in [5.74, 6) is 0. The number of aromatic nitrogens is 1. The molecule has 0 fully saturated rings. The summed E-state index contributed by atoms with van der Waals surface area (Å²) in [7, 11) is 0.274.